The molecule has 3 saturated heterocycles. The minimum atomic E-state index is -1.47. The first-order valence-corrected chi connectivity index (χ1v) is 16.9. The van der Waals surface area contributed by atoms with Gasteiger partial charge in [0.2, 0.25) is 0 Å². The van der Waals surface area contributed by atoms with E-state index in [0.29, 0.717) is 47.8 Å². The van der Waals surface area contributed by atoms with Crippen molar-refractivity contribution in [1.82, 2.24) is 0 Å². The second kappa shape index (κ2) is 10.6. The normalized spacial score (nSPS) is 60.9. The quantitative estimate of drug-likeness (QED) is 0.312. The first kappa shape index (κ1) is 30.3. The van der Waals surface area contributed by atoms with Crippen molar-refractivity contribution in [3.63, 3.8) is 0 Å². The molecule has 0 radical (unpaired) electrons. The summed E-state index contributed by atoms with van der Waals surface area (Å²) in [5, 5.41) is 52.3. The molecule has 7 aliphatic rings. The lowest BCUT2D eigenvalue weighted by Crippen LogP contribution is -2.62. The smallest absolute Gasteiger partial charge is 0.186 e. The number of aliphatic hydroxyl groups excluding tert-OH is 5. The van der Waals surface area contributed by atoms with Gasteiger partial charge in [-0.2, -0.15) is 0 Å². The third-order valence-corrected chi connectivity index (χ3v) is 14.2. The second-order valence-electron chi connectivity index (χ2n) is 16.0. The lowest BCUT2D eigenvalue weighted by molar-refractivity contribution is -0.320. The molecular formula is C33H54O9. The molecule has 7 rings (SSSR count). The monoisotopic (exact) mass is 594 g/mol. The summed E-state index contributed by atoms with van der Waals surface area (Å²) in [5.41, 5.74) is 0.0340. The highest BCUT2D eigenvalue weighted by atomic mass is 16.7. The summed E-state index contributed by atoms with van der Waals surface area (Å²) < 4.78 is 25.2. The largest absolute Gasteiger partial charge is 0.394 e. The van der Waals surface area contributed by atoms with Crippen molar-refractivity contribution in [2.75, 3.05) is 13.2 Å². The van der Waals surface area contributed by atoms with Crippen LogP contribution >= 0.6 is 0 Å². The summed E-state index contributed by atoms with van der Waals surface area (Å²) in [4.78, 5) is 0. The van der Waals surface area contributed by atoms with Crippen LogP contribution in [0.4, 0.5) is 0 Å². The fraction of sp³-hybridized carbons (Fsp3) is 1.00. The molecule has 0 bridgehead atoms. The van der Waals surface area contributed by atoms with E-state index in [0.717, 1.165) is 45.1 Å². The number of fused-ring (bicyclic) bond motifs is 7. The van der Waals surface area contributed by atoms with Crippen molar-refractivity contribution in [3.05, 3.63) is 0 Å². The molecule has 9 nitrogen and oxygen atoms in total. The Morgan fingerprint density at radius 2 is 1.64 bits per heavy atom. The molecule has 3 heterocycles. The van der Waals surface area contributed by atoms with Gasteiger partial charge in [0.05, 0.1) is 31.5 Å². The number of ether oxygens (including phenoxy) is 4. The van der Waals surface area contributed by atoms with Crippen LogP contribution in [0.3, 0.4) is 0 Å². The Morgan fingerprint density at radius 1 is 0.857 bits per heavy atom. The third-order valence-electron chi connectivity index (χ3n) is 14.2. The Morgan fingerprint density at radius 3 is 2.36 bits per heavy atom. The highest BCUT2D eigenvalue weighted by Crippen LogP contribution is 2.71. The SMILES string of the molecule is C[C@@H]1CC[C@]2(OC1)O[C@H]1C[C@H]3[C@@H]4CC[C@@H]5C[C@@H](O[C@@H]6O[C@H](CO)[C@@H](O)[C@H](O)[C@H]6O)C[C@@H](O)[C@]5(C)[C@H]4CC[C@]3(C)[C@H]1[C@@H]2C. The van der Waals surface area contributed by atoms with Gasteiger partial charge in [-0.05, 0) is 91.3 Å². The van der Waals surface area contributed by atoms with Crippen LogP contribution in [0.1, 0.15) is 85.5 Å². The minimum Gasteiger partial charge on any atom is -0.394 e. The second-order valence-corrected chi connectivity index (χ2v) is 16.0. The van der Waals surface area contributed by atoms with Gasteiger partial charge in [0.15, 0.2) is 12.1 Å². The van der Waals surface area contributed by atoms with E-state index in [1.165, 1.54) is 12.8 Å². The average Bonchev–Trinajstić information content (AvgIpc) is 3.41. The fourth-order valence-electron chi connectivity index (χ4n) is 11.8. The molecule has 7 fully saturated rings. The maximum atomic E-state index is 11.8. The van der Waals surface area contributed by atoms with E-state index in [2.05, 4.69) is 27.7 Å². The Bertz CT molecular complexity index is 1000. The molecule has 4 aliphatic carbocycles. The van der Waals surface area contributed by atoms with Crippen LogP contribution in [0.25, 0.3) is 0 Å². The molecule has 0 amide bonds. The summed E-state index contributed by atoms with van der Waals surface area (Å²) in [5.74, 6) is 3.04. The van der Waals surface area contributed by atoms with E-state index in [-0.39, 0.29) is 23.0 Å². The molecule has 0 aromatic carbocycles. The molecule has 0 aromatic heterocycles. The van der Waals surface area contributed by atoms with Crippen LogP contribution in [0.5, 0.6) is 0 Å². The highest BCUT2D eigenvalue weighted by molar-refractivity contribution is 5.16. The van der Waals surface area contributed by atoms with Crippen molar-refractivity contribution < 1.29 is 44.5 Å². The van der Waals surface area contributed by atoms with E-state index in [4.69, 9.17) is 18.9 Å². The molecule has 240 valence electrons. The molecule has 4 saturated carbocycles. The summed E-state index contributed by atoms with van der Waals surface area (Å²) in [6, 6.07) is 0. The van der Waals surface area contributed by atoms with Crippen molar-refractivity contribution in [3.8, 4) is 0 Å². The van der Waals surface area contributed by atoms with Gasteiger partial charge in [-0.15, -0.1) is 0 Å². The minimum absolute atomic E-state index is 0.201. The topological polar surface area (TPSA) is 138 Å². The van der Waals surface area contributed by atoms with Gasteiger partial charge in [0.25, 0.3) is 0 Å². The van der Waals surface area contributed by atoms with E-state index in [1.54, 1.807) is 0 Å². The number of aliphatic hydroxyl groups is 5. The maximum Gasteiger partial charge on any atom is 0.186 e. The van der Waals surface area contributed by atoms with Crippen molar-refractivity contribution in [2.24, 2.45) is 52.3 Å². The van der Waals surface area contributed by atoms with Gasteiger partial charge in [-0.1, -0.05) is 27.7 Å². The molecule has 9 heteroatoms. The van der Waals surface area contributed by atoms with Gasteiger partial charge in [-0.25, -0.2) is 0 Å². The van der Waals surface area contributed by atoms with E-state index >= 15 is 0 Å². The maximum absolute atomic E-state index is 11.8. The van der Waals surface area contributed by atoms with E-state index < -0.39 is 49.2 Å². The zero-order valence-corrected chi connectivity index (χ0v) is 25.8. The van der Waals surface area contributed by atoms with Crippen LogP contribution in [-0.4, -0.2) is 93.6 Å². The Labute approximate surface area is 250 Å². The van der Waals surface area contributed by atoms with Crippen LogP contribution < -0.4 is 0 Å². The van der Waals surface area contributed by atoms with Crippen LogP contribution in [0.15, 0.2) is 0 Å². The summed E-state index contributed by atoms with van der Waals surface area (Å²) in [7, 11) is 0. The Balaban J connectivity index is 1.05. The third kappa shape index (κ3) is 4.28. The molecule has 1 spiro atoms. The van der Waals surface area contributed by atoms with Crippen molar-refractivity contribution >= 4 is 0 Å². The summed E-state index contributed by atoms with van der Waals surface area (Å²) in [6.07, 6.45) is 1.89. The molecule has 0 unspecified atom stereocenters. The van der Waals surface area contributed by atoms with Crippen molar-refractivity contribution in [2.45, 2.75) is 140 Å². The van der Waals surface area contributed by atoms with Crippen LogP contribution in [-0.2, 0) is 18.9 Å². The molecule has 18 atom stereocenters. The molecular weight excluding hydrogens is 540 g/mol. The zero-order valence-electron chi connectivity index (χ0n) is 25.8. The Kier molecular flexibility index (Phi) is 7.64. The lowest BCUT2D eigenvalue weighted by Gasteiger charge is -2.62. The highest BCUT2D eigenvalue weighted by Gasteiger charge is 2.70. The molecule has 3 aliphatic heterocycles. The first-order chi connectivity index (χ1) is 19.9. The van der Waals surface area contributed by atoms with Crippen molar-refractivity contribution in [1.29, 1.82) is 0 Å². The fourth-order valence-corrected chi connectivity index (χ4v) is 11.8. The van der Waals surface area contributed by atoms with Gasteiger partial charge in [0, 0.05) is 18.8 Å². The lowest BCUT2D eigenvalue weighted by atomic mass is 9.43. The van der Waals surface area contributed by atoms with E-state index in [1.807, 2.05) is 0 Å². The number of rotatable bonds is 3. The predicted octanol–water partition coefficient (Wildman–Crippen LogP) is 2.59. The van der Waals surface area contributed by atoms with Gasteiger partial charge in [-0.3, -0.25) is 0 Å². The summed E-state index contributed by atoms with van der Waals surface area (Å²) >= 11 is 0. The van der Waals surface area contributed by atoms with Gasteiger partial charge < -0.3 is 44.5 Å². The molecule has 42 heavy (non-hydrogen) atoms. The Hall–Kier alpha value is -0.360. The van der Waals surface area contributed by atoms with Gasteiger partial charge in [0.1, 0.15) is 24.4 Å². The van der Waals surface area contributed by atoms with Gasteiger partial charge >= 0.3 is 0 Å². The molecule has 5 N–H and O–H groups in total. The summed E-state index contributed by atoms with van der Waals surface area (Å²) in [6.45, 7) is 9.82. The number of hydrogen-bond donors (Lipinski definition) is 5. The zero-order chi connectivity index (χ0) is 29.8. The van der Waals surface area contributed by atoms with E-state index in [9.17, 15) is 25.5 Å². The number of hydrogen-bond acceptors (Lipinski definition) is 9. The van der Waals surface area contributed by atoms with Crippen LogP contribution in [0.2, 0.25) is 0 Å². The standard InChI is InChI=1S/C33H54O9/c1-16-7-10-33(39-15-16)17(2)26-23(42-33)13-22-20-6-5-18-11-19(40-30-29(38)28(37)27(36)24(14-34)41-30)12-25(35)32(18,4)21(20)8-9-31(22,26)3/h16-30,34-38H,5-15H2,1-4H3/t16-,17+,18-,19-,20-,21+,22+,23+,24-,25-,26+,27-,28+,29-,30-,31+,32+,33+/m1/s1. The van der Waals surface area contributed by atoms with Crippen LogP contribution in [0, 0.1) is 52.3 Å². The molecule has 0 aromatic rings. The predicted molar refractivity (Wildman–Crippen MR) is 152 cm³/mol. The first-order valence-electron chi connectivity index (χ1n) is 16.9. The average molecular weight is 595 g/mol.